The molecule has 0 aromatic heterocycles. The molecule has 21 heavy (non-hydrogen) atoms. The van der Waals surface area contributed by atoms with Crippen LogP contribution in [0.3, 0.4) is 0 Å². The maximum absolute atomic E-state index is 13.0. The van der Waals surface area contributed by atoms with Gasteiger partial charge in [0.1, 0.15) is 23.7 Å². The largest absolute Gasteiger partial charge is 0.496 e. The van der Waals surface area contributed by atoms with Gasteiger partial charge in [-0.15, -0.1) is 0 Å². The van der Waals surface area contributed by atoms with Crippen molar-refractivity contribution in [2.45, 2.75) is 13.5 Å². The van der Waals surface area contributed by atoms with Crippen LogP contribution in [-0.4, -0.2) is 13.1 Å². The van der Waals surface area contributed by atoms with Crippen LogP contribution in [0.5, 0.6) is 5.75 Å². The number of hydrogen-bond donors (Lipinski definition) is 1. The first-order valence-corrected chi connectivity index (χ1v) is 6.37. The highest BCUT2D eigenvalue weighted by Gasteiger charge is 2.14. The van der Waals surface area contributed by atoms with Gasteiger partial charge in [0.15, 0.2) is 0 Å². The van der Waals surface area contributed by atoms with Crippen LogP contribution < -0.4 is 10.5 Å². The van der Waals surface area contributed by atoms with Crippen molar-refractivity contribution < 1.29 is 18.7 Å². The minimum absolute atomic E-state index is 0.0584. The van der Waals surface area contributed by atoms with E-state index >= 15 is 0 Å². The number of esters is 1. The molecule has 110 valence electrons. The van der Waals surface area contributed by atoms with E-state index in [1.165, 1.54) is 25.3 Å². The molecule has 0 amide bonds. The number of nitrogens with two attached hydrogens (primary N) is 1. The molecule has 4 nitrogen and oxygen atoms in total. The minimum atomic E-state index is -0.539. The van der Waals surface area contributed by atoms with Gasteiger partial charge >= 0.3 is 5.97 Å². The van der Waals surface area contributed by atoms with Crippen LogP contribution in [0.25, 0.3) is 0 Å². The van der Waals surface area contributed by atoms with E-state index in [1.54, 1.807) is 25.1 Å². The second-order valence-corrected chi connectivity index (χ2v) is 4.61. The fourth-order valence-corrected chi connectivity index (χ4v) is 1.93. The molecule has 0 aliphatic heterocycles. The van der Waals surface area contributed by atoms with Crippen LogP contribution in [0, 0.1) is 12.7 Å². The van der Waals surface area contributed by atoms with Gasteiger partial charge < -0.3 is 15.2 Å². The average molecular weight is 289 g/mol. The Balaban J connectivity index is 2.13. The van der Waals surface area contributed by atoms with Gasteiger partial charge in [-0.3, -0.25) is 0 Å². The molecule has 0 fully saturated rings. The fourth-order valence-electron chi connectivity index (χ4n) is 1.93. The lowest BCUT2D eigenvalue weighted by atomic mass is 10.1. The zero-order valence-corrected chi connectivity index (χ0v) is 11.9. The number of rotatable bonds is 4. The van der Waals surface area contributed by atoms with Crippen LogP contribution in [0.4, 0.5) is 10.1 Å². The Morgan fingerprint density at radius 1 is 1.24 bits per heavy atom. The predicted molar refractivity (Wildman–Crippen MR) is 77.7 cm³/mol. The second kappa shape index (κ2) is 6.26. The van der Waals surface area contributed by atoms with Crippen molar-refractivity contribution in [3.63, 3.8) is 0 Å². The molecule has 0 saturated heterocycles. The van der Waals surface area contributed by atoms with E-state index in [2.05, 4.69) is 0 Å². The van der Waals surface area contributed by atoms with Crippen molar-refractivity contribution >= 4 is 11.7 Å². The number of carbonyl (C=O) groups excluding carboxylic acids is 1. The first-order chi connectivity index (χ1) is 10.0. The number of hydrogen-bond acceptors (Lipinski definition) is 4. The molecule has 5 heteroatoms. The highest BCUT2D eigenvalue weighted by molar-refractivity contribution is 5.93. The summed E-state index contributed by atoms with van der Waals surface area (Å²) in [6.07, 6.45) is 0. The van der Waals surface area contributed by atoms with E-state index in [1.807, 2.05) is 0 Å². The molecule has 2 aromatic rings. The SMILES string of the molecule is COc1ccc(N)cc1C(=O)OCc1ccc(F)cc1C. The van der Waals surface area contributed by atoms with Gasteiger partial charge in [-0.05, 0) is 48.4 Å². The van der Waals surface area contributed by atoms with Crippen molar-refractivity contribution in [2.75, 3.05) is 12.8 Å². The van der Waals surface area contributed by atoms with E-state index in [0.717, 1.165) is 11.1 Å². The normalized spacial score (nSPS) is 10.2. The Bertz CT molecular complexity index is 671. The predicted octanol–water partition coefficient (Wildman–Crippen LogP) is 3.08. The number of methoxy groups -OCH3 is 1. The van der Waals surface area contributed by atoms with Crippen molar-refractivity contribution in [2.24, 2.45) is 0 Å². The van der Waals surface area contributed by atoms with Gasteiger partial charge in [-0.2, -0.15) is 0 Å². The van der Waals surface area contributed by atoms with Crippen molar-refractivity contribution in [1.82, 2.24) is 0 Å². The molecule has 0 aliphatic carbocycles. The number of anilines is 1. The van der Waals surface area contributed by atoms with E-state index in [-0.39, 0.29) is 18.0 Å². The molecule has 0 unspecified atom stereocenters. The highest BCUT2D eigenvalue weighted by atomic mass is 19.1. The molecule has 0 aliphatic rings. The summed E-state index contributed by atoms with van der Waals surface area (Å²) in [5, 5.41) is 0. The summed E-state index contributed by atoms with van der Waals surface area (Å²) >= 11 is 0. The van der Waals surface area contributed by atoms with Crippen LogP contribution in [0.15, 0.2) is 36.4 Å². The summed E-state index contributed by atoms with van der Waals surface area (Å²) < 4.78 is 23.4. The number of halogens is 1. The molecule has 2 rings (SSSR count). The van der Waals surface area contributed by atoms with Crippen LogP contribution in [0.2, 0.25) is 0 Å². The molecule has 0 heterocycles. The van der Waals surface area contributed by atoms with Crippen LogP contribution in [0.1, 0.15) is 21.5 Å². The molecule has 0 radical (unpaired) electrons. The Morgan fingerprint density at radius 2 is 2.00 bits per heavy atom. The average Bonchev–Trinajstić information content (AvgIpc) is 2.46. The van der Waals surface area contributed by atoms with Gasteiger partial charge in [0, 0.05) is 5.69 Å². The maximum Gasteiger partial charge on any atom is 0.342 e. The second-order valence-electron chi connectivity index (χ2n) is 4.61. The lowest BCUT2D eigenvalue weighted by Gasteiger charge is -2.10. The first-order valence-electron chi connectivity index (χ1n) is 6.37. The summed E-state index contributed by atoms with van der Waals surface area (Å²) in [5.74, 6) is -0.465. The van der Waals surface area contributed by atoms with Crippen molar-refractivity contribution in [1.29, 1.82) is 0 Å². The third-order valence-corrected chi connectivity index (χ3v) is 3.11. The Labute approximate surface area is 122 Å². The Kier molecular flexibility index (Phi) is 4.42. The maximum atomic E-state index is 13.0. The molecule has 0 bridgehead atoms. The van der Waals surface area contributed by atoms with E-state index < -0.39 is 5.97 Å². The number of aryl methyl sites for hydroxylation is 1. The topological polar surface area (TPSA) is 61.5 Å². The molecular formula is C16H16FNO3. The quantitative estimate of drug-likeness (QED) is 0.694. The van der Waals surface area contributed by atoms with Crippen molar-refractivity contribution in [3.05, 3.63) is 58.9 Å². The molecule has 0 atom stereocenters. The highest BCUT2D eigenvalue weighted by Crippen LogP contribution is 2.22. The third kappa shape index (κ3) is 3.51. The fraction of sp³-hybridized carbons (Fsp3) is 0.188. The number of benzene rings is 2. The van der Waals surface area contributed by atoms with E-state index in [4.69, 9.17) is 15.2 Å². The molecular weight excluding hydrogens is 273 g/mol. The lowest BCUT2D eigenvalue weighted by Crippen LogP contribution is -2.08. The first kappa shape index (κ1) is 14.8. The van der Waals surface area contributed by atoms with Crippen molar-refractivity contribution in [3.8, 4) is 5.75 Å². The summed E-state index contributed by atoms with van der Waals surface area (Å²) in [7, 11) is 1.46. The van der Waals surface area contributed by atoms with Gasteiger partial charge in [0.2, 0.25) is 0 Å². The lowest BCUT2D eigenvalue weighted by molar-refractivity contribution is 0.0468. The number of nitrogen functional groups attached to an aromatic ring is 1. The Morgan fingerprint density at radius 3 is 2.67 bits per heavy atom. The van der Waals surface area contributed by atoms with Crippen LogP contribution in [-0.2, 0) is 11.3 Å². The van der Waals surface area contributed by atoms with E-state index in [0.29, 0.717) is 11.4 Å². The molecule has 2 N–H and O–H groups in total. The molecule has 2 aromatic carbocycles. The number of carbonyl (C=O) groups is 1. The van der Waals surface area contributed by atoms with Crippen LogP contribution >= 0.6 is 0 Å². The Hall–Kier alpha value is -2.56. The zero-order valence-electron chi connectivity index (χ0n) is 11.9. The standard InChI is InChI=1S/C16H16FNO3/c1-10-7-12(17)4-3-11(10)9-21-16(19)14-8-13(18)5-6-15(14)20-2/h3-8H,9,18H2,1-2H3. The minimum Gasteiger partial charge on any atom is -0.496 e. The smallest absolute Gasteiger partial charge is 0.342 e. The van der Waals surface area contributed by atoms with E-state index in [9.17, 15) is 9.18 Å². The summed E-state index contributed by atoms with van der Waals surface area (Å²) in [6, 6.07) is 9.06. The zero-order chi connectivity index (χ0) is 15.4. The van der Waals surface area contributed by atoms with Gasteiger partial charge in [0.05, 0.1) is 7.11 Å². The molecule has 0 spiro atoms. The number of ether oxygens (including phenoxy) is 2. The summed E-state index contributed by atoms with van der Waals surface area (Å²) in [4.78, 5) is 12.1. The summed E-state index contributed by atoms with van der Waals surface area (Å²) in [5.41, 5.74) is 7.84. The third-order valence-electron chi connectivity index (χ3n) is 3.11. The summed E-state index contributed by atoms with van der Waals surface area (Å²) in [6.45, 7) is 1.82. The van der Waals surface area contributed by atoms with Gasteiger partial charge in [-0.25, -0.2) is 9.18 Å². The monoisotopic (exact) mass is 289 g/mol. The van der Waals surface area contributed by atoms with Gasteiger partial charge in [-0.1, -0.05) is 6.07 Å². The molecule has 0 saturated carbocycles. The van der Waals surface area contributed by atoms with Gasteiger partial charge in [0.25, 0.3) is 0 Å².